The van der Waals surface area contributed by atoms with Crippen LogP contribution in [0.4, 0.5) is 0 Å². The zero-order chi connectivity index (χ0) is 20.9. The van der Waals surface area contributed by atoms with Crippen LogP contribution in [0.2, 0.25) is 0 Å². The van der Waals surface area contributed by atoms with Gasteiger partial charge in [-0.15, -0.1) is 11.8 Å². The second kappa shape index (κ2) is 9.01. The van der Waals surface area contributed by atoms with Crippen LogP contribution in [0.25, 0.3) is 10.9 Å². The van der Waals surface area contributed by atoms with E-state index in [9.17, 15) is 9.90 Å². The predicted molar refractivity (Wildman–Crippen MR) is 122 cm³/mol. The minimum atomic E-state index is -0.483. The number of thioether (sulfide) groups is 1. The molecular weight excluding hydrogens is 392 g/mol. The van der Waals surface area contributed by atoms with Crippen LogP contribution in [0.15, 0.2) is 90.0 Å². The van der Waals surface area contributed by atoms with Crippen molar-refractivity contribution in [1.82, 2.24) is 10.3 Å². The van der Waals surface area contributed by atoms with Crippen molar-refractivity contribution in [2.45, 2.75) is 17.4 Å². The van der Waals surface area contributed by atoms with Crippen molar-refractivity contribution >= 4 is 28.6 Å². The maximum absolute atomic E-state index is 12.9. The van der Waals surface area contributed by atoms with Gasteiger partial charge < -0.3 is 10.4 Å². The molecule has 150 valence electrons. The summed E-state index contributed by atoms with van der Waals surface area (Å²) in [5.74, 6) is -0.0206. The van der Waals surface area contributed by atoms with Gasteiger partial charge in [0.1, 0.15) is 11.3 Å². The van der Waals surface area contributed by atoms with E-state index in [0.29, 0.717) is 11.1 Å². The Kier molecular flexibility index (Phi) is 6.00. The molecule has 1 heterocycles. The summed E-state index contributed by atoms with van der Waals surface area (Å²) in [6.45, 7) is 0. The molecule has 4 rings (SSSR count). The third-order valence-electron chi connectivity index (χ3n) is 5.05. The van der Waals surface area contributed by atoms with Crippen LogP contribution in [0.3, 0.4) is 0 Å². The summed E-state index contributed by atoms with van der Waals surface area (Å²) in [6.07, 6.45) is 3.95. The lowest BCUT2D eigenvalue weighted by atomic mass is 9.96. The molecule has 1 unspecified atom stereocenters. The molecule has 1 atom stereocenters. The molecule has 1 amide bonds. The highest BCUT2D eigenvalue weighted by molar-refractivity contribution is 7.98. The first-order chi connectivity index (χ1) is 14.7. The number of pyridine rings is 1. The van der Waals surface area contributed by atoms with E-state index in [4.69, 9.17) is 0 Å². The maximum Gasteiger partial charge on any atom is 0.225 e. The molecule has 5 heteroatoms. The molecule has 0 spiro atoms. The summed E-state index contributed by atoms with van der Waals surface area (Å²) in [5, 5.41) is 14.9. The van der Waals surface area contributed by atoms with Crippen molar-refractivity contribution in [3.63, 3.8) is 0 Å². The molecule has 0 aliphatic heterocycles. The number of aromatic nitrogens is 1. The van der Waals surface area contributed by atoms with Crippen molar-refractivity contribution in [3.8, 4) is 5.75 Å². The fraction of sp³-hybridized carbons (Fsp3) is 0.120. The normalized spacial score (nSPS) is 11.9. The highest BCUT2D eigenvalue weighted by atomic mass is 32.2. The SMILES string of the molecule is CSc1ccc(C(NC(=O)Cc2ccccc2)c2ccc3cccnc3c2O)cc1. The fourth-order valence-electron chi connectivity index (χ4n) is 3.51. The topological polar surface area (TPSA) is 62.2 Å². The molecule has 0 bridgehead atoms. The Morgan fingerprint density at radius 3 is 2.50 bits per heavy atom. The van der Waals surface area contributed by atoms with E-state index in [0.717, 1.165) is 21.4 Å². The monoisotopic (exact) mass is 414 g/mol. The summed E-state index contributed by atoms with van der Waals surface area (Å²) in [6, 6.07) is 24.7. The van der Waals surface area contributed by atoms with Crippen LogP contribution in [0, 0.1) is 0 Å². The van der Waals surface area contributed by atoms with Crippen molar-refractivity contribution in [1.29, 1.82) is 0 Å². The number of rotatable bonds is 6. The van der Waals surface area contributed by atoms with Gasteiger partial charge in [-0.3, -0.25) is 9.78 Å². The van der Waals surface area contributed by atoms with Crippen molar-refractivity contribution < 1.29 is 9.90 Å². The molecule has 1 aromatic heterocycles. The summed E-state index contributed by atoms with van der Waals surface area (Å²) in [7, 11) is 0. The number of benzene rings is 3. The lowest BCUT2D eigenvalue weighted by Gasteiger charge is -2.22. The van der Waals surface area contributed by atoms with Crippen LogP contribution in [0.1, 0.15) is 22.7 Å². The van der Waals surface area contributed by atoms with Gasteiger partial charge in [-0.25, -0.2) is 0 Å². The number of phenols is 1. The van der Waals surface area contributed by atoms with Gasteiger partial charge in [0.25, 0.3) is 0 Å². The number of amides is 1. The van der Waals surface area contributed by atoms with E-state index in [-0.39, 0.29) is 18.1 Å². The van der Waals surface area contributed by atoms with Crippen LogP contribution in [-0.2, 0) is 11.2 Å². The lowest BCUT2D eigenvalue weighted by Crippen LogP contribution is -2.30. The molecule has 3 aromatic carbocycles. The first-order valence-electron chi connectivity index (χ1n) is 9.69. The molecule has 0 aliphatic carbocycles. The van der Waals surface area contributed by atoms with Gasteiger partial charge in [0, 0.05) is 22.0 Å². The number of phenolic OH excluding ortho intramolecular Hbond substituents is 1. The quantitative estimate of drug-likeness (QED) is 0.430. The highest BCUT2D eigenvalue weighted by Crippen LogP contribution is 2.35. The standard InChI is InChI=1S/C25H22N2O2S/c1-30-20-12-9-19(10-13-20)23(27-22(28)16-17-6-3-2-4-7-17)21-14-11-18-8-5-15-26-24(18)25(21)29/h2-15,23,29H,16H2,1H3,(H,27,28). The van der Waals surface area contributed by atoms with Crippen LogP contribution >= 0.6 is 11.8 Å². The minimum absolute atomic E-state index is 0.0899. The molecule has 0 fully saturated rings. The number of fused-ring (bicyclic) bond motifs is 1. The van der Waals surface area contributed by atoms with Crippen molar-refractivity contribution in [2.75, 3.05) is 6.26 Å². The van der Waals surface area contributed by atoms with Gasteiger partial charge in [-0.2, -0.15) is 0 Å². The number of hydrogen-bond acceptors (Lipinski definition) is 4. The lowest BCUT2D eigenvalue weighted by molar-refractivity contribution is -0.120. The van der Waals surface area contributed by atoms with E-state index in [1.54, 1.807) is 18.0 Å². The van der Waals surface area contributed by atoms with Crippen molar-refractivity contribution in [3.05, 3.63) is 102 Å². The van der Waals surface area contributed by atoms with E-state index >= 15 is 0 Å². The van der Waals surface area contributed by atoms with Gasteiger partial charge in [0.2, 0.25) is 5.91 Å². The second-order valence-corrected chi connectivity index (χ2v) is 7.89. The number of carbonyl (C=O) groups excluding carboxylic acids is 1. The molecule has 30 heavy (non-hydrogen) atoms. The zero-order valence-corrected chi connectivity index (χ0v) is 17.4. The number of hydrogen-bond donors (Lipinski definition) is 2. The van der Waals surface area contributed by atoms with E-state index < -0.39 is 6.04 Å². The highest BCUT2D eigenvalue weighted by Gasteiger charge is 2.22. The number of nitrogens with zero attached hydrogens (tertiary/aromatic N) is 1. The molecule has 0 aliphatic rings. The van der Waals surface area contributed by atoms with Crippen LogP contribution in [-0.4, -0.2) is 22.3 Å². The molecule has 0 saturated carbocycles. The summed E-state index contributed by atoms with van der Waals surface area (Å²) in [5.41, 5.74) is 2.99. The van der Waals surface area contributed by atoms with E-state index in [1.165, 1.54) is 0 Å². The number of aromatic hydroxyl groups is 1. The average molecular weight is 415 g/mol. The third-order valence-corrected chi connectivity index (χ3v) is 5.80. The summed E-state index contributed by atoms with van der Waals surface area (Å²) >= 11 is 1.66. The zero-order valence-electron chi connectivity index (χ0n) is 16.6. The molecule has 2 N–H and O–H groups in total. The molecule has 4 nitrogen and oxygen atoms in total. The first-order valence-corrected chi connectivity index (χ1v) is 10.9. The Labute approximate surface area is 180 Å². The van der Waals surface area contributed by atoms with E-state index in [2.05, 4.69) is 10.3 Å². The van der Waals surface area contributed by atoms with Crippen LogP contribution < -0.4 is 5.32 Å². The van der Waals surface area contributed by atoms with Gasteiger partial charge in [0.15, 0.2) is 0 Å². The Hall–Kier alpha value is -3.31. The largest absolute Gasteiger partial charge is 0.505 e. The Morgan fingerprint density at radius 1 is 1.00 bits per heavy atom. The Balaban J connectivity index is 1.71. The Morgan fingerprint density at radius 2 is 1.77 bits per heavy atom. The number of nitrogens with one attached hydrogen (secondary N) is 1. The molecule has 4 aromatic rings. The fourth-order valence-corrected chi connectivity index (χ4v) is 3.92. The molecule has 0 radical (unpaired) electrons. The first kappa shape index (κ1) is 20.0. The summed E-state index contributed by atoms with van der Waals surface area (Å²) < 4.78 is 0. The van der Waals surface area contributed by atoms with Gasteiger partial charge >= 0.3 is 0 Å². The summed E-state index contributed by atoms with van der Waals surface area (Å²) in [4.78, 5) is 18.3. The average Bonchev–Trinajstić information content (AvgIpc) is 2.79. The van der Waals surface area contributed by atoms with E-state index in [1.807, 2.05) is 85.1 Å². The maximum atomic E-state index is 12.9. The third kappa shape index (κ3) is 4.31. The molecule has 0 saturated heterocycles. The van der Waals surface area contributed by atoms with Crippen LogP contribution in [0.5, 0.6) is 5.75 Å². The van der Waals surface area contributed by atoms with Gasteiger partial charge in [0.05, 0.1) is 12.5 Å². The molecular formula is C25H22N2O2S. The van der Waals surface area contributed by atoms with Gasteiger partial charge in [-0.05, 0) is 35.6 Å². The predicted octanol–water partition coefficient (Wildman–Crippen LogP) is 5.11. The Bertz CT molecular complexity index is 1160. The van der Waals surface area contributed by atoms with Gasteiger partial charge in [-0.1, -0.05) is 60.7 Å². The minimum Gasteiger partial charge on any atom is -0.505 e. The second-order valence-electron chi connectivity index (χ2n) is 7.01. The number of carbonyl (C=O) groups is 1. The smallest absolute Gasteiger partial charge is 0.225 e. The van der Waals surface area contributed by atoms with Crippen molar-refractivity contribution in [2.24, 2.45) is 0 Å².